The monoisotopic (exact) mass is 778 g/mol. The van der Waals surface area contributed by atoms with Gasteiger partial charge in [-0.15, -0.1) is 0 Å². The molecule has 0 bridgehead atoms. The number of hydrogen-bond acceptors (Lipinski definition) is 3. The van der Waals surface area contributed by atoms with E-state index in [0.29, 0.717) is 28.6 Å². The predicted molar refractivity (Wildman–Crippen MR) is 248 cm³/mol. The molecule has 0 amide bonds. The van der Waals surface area contributed by atoms with Crippen LogP contribution in [0.2, 0.25) is 0 Å². The summed E-state index contributed by atoms with van der Waals surface area (Å²) in [5.41, 5.74) is 12.3. The fraction of sp³-hybridized carbons (Fsp3) is 0.236. The Morgan fingerprint density at radius 1 is 0.610 bits per heavy atom. The molecule has 0 radical (unpaired) electrons. The molecule has 0 aliphatic heterocycles. The molecule has 0 aliphatic rings. The number of phenolic OH excluding ortho intramolecular Hbond substituents is 1. The van der Waals surface area contributed by atoms with Gasteiger partial charge in [0.2, 0.25) is 0 Å². The number of aromatic nitrogens is 3. The van der Waals surface area contributed by atoms with Crippen molar-refractivity contribution in [3.05, 3.63) is 168 Å². The number of fused-ring (bicyclic) bond motifs is 1. The Hall–Kier alpha value is -6.26. The van der Waals surface area contributed by atoms with Crippen molar-refractivity contribution in [1.82, 2.24) is 14.5 Å². The first kappa shape index (κ1) is 33.7. The van der Waals surface area contributed by atoms with Crippen LogP contribution in [0, 0.1) is 0 Å². The van der Waals surface area contributed by atoms with Crippen molar-refractivity contribution in [2.75, 3.05) is 0 Å². The van der Waals surface area contributed by atoms with E-state index in [9.17, 15) is 5.11 Å². The first-order chi connectivity index (χ1) is 30.4. The highest BCUT2D eigenvalue weighted by Crippen LogP contribution is 2.43. The van der Waals surface area contributed by atoms with Gasteiger partial charge in [-0.2, -0.15) is 0 Å². The summed E-state index contributed by atoms with van der Waals surface area (Å²) in [6, 6.07) is 37.5. The highest BCUT2D eigenvalue weighted by molar-refractivity contribution is 5.97. The van der Waals surface area contributed by atoms with Gasteiger partial charge in [-0.1, -0.05) is 146 Å². The fourth-order valence-corrected chi connectivity index (χ4v) is 8.05. The van der Waals surface area contributed by atoms with Gasteiger partial charge in [0.15, 0.2) is 0 Å². The van der Waals surface area contributed by atoms with Gasteiger partial charge < -0.3 is 5.11 Å². The fourth-order valence-electron chi connectivity index (χ4n) is 8.05. The Kier molecular flexibility index (Phi) is 9.04. The number of nitrogens with zero attached hydrogens (tertiary/aromatic N) is 3. The summed E-state index contributed by atoms with van der Waals surface area (Å²) in [5, 5.41) is 11.8. The first-order valence-corrected chi connectivity index (χ1v) is 20.7. The molecule has 2 aromatic heterocycles. The quantitative estimate of drug-likeness (QED) is 0.159. The zero-order valence-corrected chi connectivity index (χ0v) is 35.3. The highest BCUT2D eigenvalue weighted by atomic mass is 16.3. The lowest BCUT2D eigenvalue weighted by atomic mass is 9.83. The molecule has 296 valence electrons. The number of para-hydroxylation sites is 1. The van der Waals surface area contributed by atoms with Crippen molar-refractivity contribution in [3.63, 3.8) is 0 Å². The van der Waals surface area contributed by atoms with E-state index < -0.39 is 6.04 Å². The molecular weight excluding hydrogens is 719 g/mol. The Morgan fingerprint density at radius 2 is 1.34 bits per heavy atom. The number of phenols is 1. The molecule has 4 nitrogen and oxygen atoms in total. The summed E-state index contributed by atoms with van der Waals surface area (Å²) >= 11 is 0. The van der Waals surface area contributed by atoms with E-state index in [2.05, 4.69) is 145 Å². The molecule has 59 heavy (non-hydrogen) atoms. The van der Waals surface area contributed by atoms with Crippen molar-refractivity contribution in [2.45, 2.75) is 85.0 Å². The van der Waals surface area contributed by atoms with Gasteiger partial charge >= 0.3 is 0 Å². The van der Waals surface area contributed by atoms with Gasteiger partial charge in [0.1, 0.15) is 11.6 Å². The van der Waals surface area contributed by atoms with Crippen LogP contribution in [0.3, 0.4) is 0 Å². The third kappa shape index (κ3) is 7.84. The van der Waals surface area contributed by atoms with Gasteiger partial charge in [-0.25, -0.2) is 4.98 Å². The van der Waals surface area contributed by atoms with Crippen molar-refractivity contribution in [1.29, 1.82) is 0 Å². The predicted octanol–water partition coefficient (Wildman–Crippen LogP) is 15.0. The molecule has 0 saturated carbocycles. The highest BCUT2D eigenvalue weighted by Gasteiger charge is 2.25. The van der Waals surface area contributed by atoms with Crippen LogP contribution >= 0.6 is 0 Å². The van der Waals surface area contributed by atoms with Crippen LogP contribution < -0.4 is 0 Å². The number of imidazole rings is 1. The smallest absolute Gasteiger partial charge is 0.149 e. The molecule has 2 heterocycles. The summed E-state index contributed by atoms with van der Waals surface area (Å²) in [5.74, 6) is 1.11. The van der Waals surface area contributed by atoms with E-state index in [1.807, 2.05) is 12.1 Å². The summed E-state index contributed by atoms with van der Waals surface area (Å²) in [6.45, 7) is 17.6. The molecule has 0 atom stereocenters. The second-order valence-electron chi connectivity index (χ2n) is 17.6. The summed E-state index contributed by atoms with van der Waals surface area (Å²) < 4.78 is 44.3. The number of aromatic hydroxyl groups is 1. The van der Waals surface area contributed by atoms with Gasteiger partial charge in [0, 0.05) is 22.9 Å². The average Bonchev–Trinajstić information content (AvgIpc) is 3.67. The number of pyridine rings is 1. The maximum Gasteiger partial charge on any atom is 0.149 e. The summed E-state index contributed by atoms with van der Waals surface area (Å²) in [6.07, 6.45) is 3.57. The van der Waals surface area contributed by atoms with Crippen LogP contribution in [0.1, 0.15) is 97.7 Å². The number of hydrogen-bond donors (Lipinski definition) is 1. The lowest BCUT2D eigenvalue weighted by molar-refractivity contribution is 0.476. The minimum atomic E-state index is -0.428. The molecule has 0 saturated heterocycles. The maximum atomic E-state index is 11.8. The van der Waals surface area contributed by atoms with Crippen molar-refractivity contribution < 1.29 is 12.0 Å². The van der Waals surface area contributed by atoms with Crippen LogP contribution in [0.15, 0.2) is 152 Å². The Morgan fingerprint density at radius 3 is 2.05 bits per heavy atom. The third-order valence-electron chi connectivity index (χ3n) is 11.5. The molecule has 0 unspecified atom stereocenters. The summed E-state index contributed by atoms with van der Waals surface area (Å²) in [4.78, 5) is 10.3. The van der Waals surface area contributed by atoms with Crippen LogP contribution in [-0.4, -0.2) is 19.6 Å². The SMILES string of the molecule is [2H]c1c([2H])c([2H])c(-c2ccnc(-c3cc(-c4cccc5c4nc(-c4cc(C(CC)CC)ccc4O)n5-c4ccc(C(C)(C)C)cc4-c4ccccc4)cc(C(C)(C)C)c3)c2)c([2H])c1[2H]. The maximum absolute atomic E-state index is 11.8. The lowest BCUT2D eigenvalue weighted by Crippen LogP contribution is -2.12. The van der Waals surface area contributed by atoms with Crippen LogP contribution in [-0.2, 0) is 10.8 Å². The Bertz CT molecular complexity index is 3040. The van der Waals surface area contributed by atoms with E-state index in [-0.39, 0.29) is 46.3 Å². The lowest BCUT2D eigenvalue weighted by Gasteiger charge is -2.23. The molecular formula is C55H55N3O. The standard InChI is InChI=1S/C55H55N3O/c1-9-36(10-2)39-24-27-51(59)47(33-39)53-57-52-45(22-17-23-50(52)58(53)49-26-25-43(54(3,4)5)35-46(49)38-20-15-12-16-21-38)41-30-42(32-44(31-41)55(6,7)8)48-34-40(28-29-56-48)37-18-13-11-14-19-37/h11-36,59H,9-10H2,1-8H3/i11D,13D,14D,18D,19D. The second kappa shape index (κ2) is 15.8. The molecule has 8 rings (SSSR count). The molecule has 0 aliphatic carbocycles. The van der Waals surface area contributed by atoms with E-state index >= 15 is 0 Å². The largest absolute Gasteiger partial charge is 0.507 e. The molecule has 0 spiro atoms. The first-order valence-electron chi connectivity index (χ1n) is 23.2. The van der Waals surface area contributed by atoms with Crippen LogP contribution in [0.4, 0.5) is 0 Å². The van der Waals surface area contributed by atoms with E-state index in [0.717, 1.165) is 68.5 Å². The van der Waals surface area contributed by atoms with Gasteiger partial charge in [-0.3, -0.25) is 9.55 Å². The Labute approximate surface area is 357 Å². The Balaban J connectivity index is 1.41. The summed E-state index contributed by atoms with van der Waals surface area (Å²) in [7, 11) is 0. The van der Waals surface area contributed by atoms with Crippen LogP contribution in [0.5, 0.6) is 5.75 Å². The molecule has 1 N–H and O–H groups in total. The van der Waals surface area contributed by atoms with Gasteiger partial charge in [0.25, 0.3) is 0 Å². The minimum absolute atomic E-state index is 0.101. The number of rotatable bonds is 9. The zero-order chi connectivity index (χ0) is 45.8. The topological polar surface area (TPSA) is 50.9 Å². The van der Waals surface area contributed by atoms with Crippen molar-refractivity contribution >= 4 is 11.0 Å². The van der Waals surface area contributed by atoms with Gasteiger partial charge in [-0.05, 0) is 123 Å². The molecule has 0 fully saturated rings. The average molecular weight is 779 g/mol. The van der Waals surface area contributed by atoms with E-state index in [1.165, 1.54) is 5.56 Å². The van der Waals surface area contributed by atoms with Crippen LogP contribution in [0.25, 0.3) is 72.7 Å². The molecule has 4 heteroatoms. The van der Waals surface area contributed by atoms with E-state index in [1.54, 1.807) is 24.4 Å². The van der Waals surface area contributed by atoms with Crippen molar-refractivity contribution in [2.24, 2.45) is 0 Å². The third-order valence-corrected chi connectivity index (χ3v) is 11.5. The van der Waals surface area contributed by atoms with Gasteiger partial charge in [0.05, 0.1) is 34.8 Å². The van der Waals surface area contributed by atoms with E-state index in [4.69, 9.17) is 16.8 Å². The van der Waals surface area contributed by atoms with Crippen molar-refractivity contribution in [3.8, 4) is 67.5 Å². The minimum Gasteiger partial charge on any atom is -0.507 e. The zero-order valence-electron chi connectivity index (χ0n) is 40.3. The normalized spacial score (nSPS) is 13.3. The molecule has 6 aromatic carbocycles. The number of benzene rings is 6. The second-order valence-corrected chi connectivity index (χ2v) is 17.6. The molecule has 8 aromatic rings.